The molecule has 0 fully saturated rings. The highest BCUT2D eigenvalue weighted by Gasteiger charge is 2.29. The van der Waals surface area contributed by atoms with Crippen molar-refractivity contribution in [2.24, 2.45) is 10.9 Å². The van der Waals surface area contributed by atoms with Gasteiger partial charge in [0.1, 0.15) is 5.84 Å². The van der Waals surface area contributed by atoms with E-state index in [-0.39, 0.29) is 0 Å². The molecule has 0 radical (unpaired) electrons. The number of nitrogens with one attached hydrogen (secondary N) is 1. The lowest BCUT2D eigenvalue weighted by molar-refractivity contribution is 0.294. The van der Waals surface area contributed by atoms with Gasteiger partial charge < -0.3 is 0 Å². The Hall–Kier alpha value is -1.61. The van der Waals surface area contributed by atoms with Gasteiger partial charge in [-0.2, -0.15) is 0 Å². The number of hydrogen-bond acceptors (Lipinski definition) is 3. The molecule has 1 aliphatic heterocycles. The Morgan fingerprint density at radius 3 is 2.72 bits per heavy atom. The molecular formula is C22H35N3. The maximum atomic E-state index is 5.05. The summed E-state index contributed by atoms with van der Waals surface area (Å²) in [6, 6.07) is 10.9. The highest BCUT2D eigenvalue weighted by atomic mass is 15.5. The van der Waals surface area contributed by atoms with E-state index in [1.54, 1.807) is 0 Å². The highest BCUT2D eigenvalue weighted by Crippen LogP contribution is 2.23. The zero-order valence-corrected chi connectivity index (χ0v) is 16.1. The van der Waals surface area contributed by atoms with Gasteiger partial charge in [0.05, 0.1) is 12.6 Å². The van der Waals surface area contributed by atoms with Gasteiger partial charge in [0.2, 0.25) is 0 Å². The fourth-order valence-electron chi connectivity index (χ4n) is 3.51. The lowest BCUT2D eigenvalue weighted by atomic mass is 9.97. The predicted octanol–water partition coefficient (Wildman–Crippen LogP) is 5.35. The van der Waals surface area contributed by atoms with Crippen molar-refractivity contribution in [2.45, 2.75) is 71.4 Å². The van der Waals surface area contributed by atoms with Crippen LogP contribution >= 0.6 is 0 Å². The van der Waals surface area contributed by atoms with Crippen molar-refractivity contribution in [1.29, 1.82) is 0 Å². The summed E-state index contributed by atoms with van der Waals surface area (Å²) < 4.78 is 0. The van der Waals surface area contributed by atoms with E-state index in [0.717, 1.165) is 25.9 Å². The largest absolute Gasteiger partial charge is 0.293 e. The fraction of sp³-hybridized carbons (Fsp3) is 0.591. The molecule has 1 aromatic rings. The first-order valence-electron chi connectivity index (χ1n) is 10.0. The van der Waals surface area contributed by atoms with Gasteiger partial charge in [-0.3, -0.25) is 10.0 Å². The summed E-state index contributed by atoms with van der Waals surface area (Å²) in [5.74, 6) is 1.83. The van der Waals surface area contributed by atoms with Crippen LogP contribution in [0.25, 0.3) is 0 Å². The normalized spacial score (nSPS) is 18.2. The first kappa shape index (κ1) is 19.7. The molecular weight excluding hydrogens is 306 g/mol. The first-order chi connectivity index (χ1) is 12.3. The van der Waals surface area contributed by atoms with Crippen molar-refractivity contribution in [3.8, 4) is 0 Å². The van der Waals surface area contributed by atoms with Crippen LogP contribution < -0.4 is 5.43 Å². The van der Waals surface area contributed by atoms with Crippen LogP contribution in [0.3, 0.4) is 0 Å². The highest BCUT2D eigenvalue weighted by molar-refractivity contribution is 5.86. The van der Waals surface area contributed by atoms with Gasteiger partial charge in [0, 0.05) is 12.5 Å². The second-order valence-corrected chi connectivity index (χ2v) is 7.05. The van der Waals surface area contributed by atoms with E-state index in [1.807, 2.05) is 6.08 Å². The minimum Gasteiger partial charge on any atom is -0.293 e. The molecule has 138 valence electrons. The van der Waals surface area contributed by atoms with E-state index < -0.39 is 0 Å². The number of hydrazine groups is 1. The average molecular weight is 342 g/mol. The number of hydrogen-bond donors (Lipinski definition) is 1. The Kier molecular flexibility index (Phi) is 8.75. The Bertz CT molecular complexity index is 523. The summed E-state index contributed by atoms with van der Waals surface area (Å²) in [5, 5.41) is 2.31. The van der Waals surface area contributed by atoms with Gasteiger partial charge in [-0.1, -0.05) is 75.9 Å². The third-order valence-electron chi connectivity index (χ3n) is 5.00. The maximum absolute atomic E-state index is 5.05. The Morgan fingerprint density at radius 1 is 1.24 bits per heavy atom. The molecule has 0 saturated carbocycles. The Labute approximate surface area is 154 Å². The molecule has 3 nitrogen and oxygen atoms in total. The van der Waals surface area contributed by atoms with Gasteiger partial charge in [0.15, 0.2) is 0 Å². The van der Waals surface area contributed by atoms with Crippen molar-refractivity contribution in [3.63, 3.8) is 0 Å². The van der Waals surface area contributed by atoms with Crippen LogP contribution in [0.2, 0.25) is 0 Å². The van der Waals surface area contributed by atoms with Crippen LogP contribution in [-0.2, 0) is 6.54 Å². The molecule has 0 spiro atoms. The predicted molar refractivity (Wildman–Crippen MR) is 109 cm³/mol. The van der Waals surface area contributed by atoms with Crippen LogP contribution in [0.5, 0.6) is 0 Å². The Morgan fingerprint density at radius 2 is 2.04 bits per heavy atom. The number of rotatable bonds is 12. The summed E-state index contributed by atoms with van der Waals surface area (Å²) >= 11 is 0. The zero-order chi connectivity index (χ0) is 17.9. The van der Waals surface area contributed by atoms with E-state index in [0.29, 0.717) is 12.0 Å². The zero-order valence-electron chi connectivity index (χ0n) is 16.1. The van der Waals surface area contributed by atoms with Crippen LogP contribution in [0.4, 0.5) is 0 Å². The molecule has 0 bridgehead atoms. The molecule has 1 N–H and O–H groups in total. The molecule has 3 heteroatoms. The van der Waals surface area contributed by atoms with Crippen LogP contribution in [0.15, 0.2) is 48.0 Å². The minimum absolute atomic E-state index is 0.348. The molecule has 0 aliphatic carbocycles. The van der Waals surface area contributed by atoms with E-state index >= 15 is 0 Å². The second kappa shape index (κ2) is 11.1. The van der Waals surface area contributed by atoms with E-state index in [9.17, 15) is 0 Å². The first-order valence-corrected chi connectivity index (χ1v) is 10.0. The lowest BCUT2D eigenvalue weighted by Crippen LogP contribution is -2.44. The number of unbranched alkanes of at least 4 members (excludes halogenated alkanes) is 3. The minimum atomic E-state index is 0.348. The number of nitrogens with zero attached hydrogens (tertiary/aromatic N) is 2. The van der Waals surface area contributed by atoms with E-state index in [2.05, 4.69) is 61.2 Å². The maximum Gasteiger partial charge on any atom is 0.117 e. The van der Waals surface area contributed by atoms with Crippen molar-refractivity contribution < 1.29 is 0 Å². The summed E-state index contributed by atoms with van der Waals surface area (Å²) in [6.45, 7) is 10.3. The van der Waals surface area contributed by atoms with Gasteiger partial charge in [-0.15, -0.1) is 6.58 Å². The quantitative estimate of drug-likeness (QED) is 0.410. The smallest absolute Gasteiger partial charge is 0.117 e. The summed E-state index contributed by atoms with van der Waals surface area (Å²) in [5.41, 5.74) is 4.93. The topological polar surface area (TPSA) is 27.6 Å². The number of aliphatic imine (C=N–C) groups is 1. The van der Waals surface area contributed by atoms with Crippen molar-refractivity contribution in [1.82, 2.24) is 10.4 Å². The van der Waals surface area contributed by atoms with Gasteiger partial charge in [0.25, 0.3) is 0 Å². The second-order valence-electron chi connectivity index (χ2n) is 7.05. The molecule has 1 aromatic carbocycles. The fourth-order valence-corrected chi connectivity index (χ4v) is 3.51. The Balaban J connectivity index is 1.97. The molecule has 2 unspecified atom stereocenters. The molecule has 0 saturated heterocycles. The molecule has 0 amide bonds. The SMILES string of the molecule is C=CCC1CN(NCc2ccccc2)C(C(CC)CCCCCC)=N1. The monoisotopic (exact) mass is 341 g/mol. The van der Waals surface area contributed by atoms with Gasteiger partial charge in [-0.25, -0.2) is 5.43 Å². The summed E-state index contributed by atoms with van der Waals surface area (Å²) in [7, 11) is 0. The van der Waals surface area contributed by atoms with Gasteiger partial charge in [-0.05, 0) is 24.8 Å². The van der Waals surface area contributed by atoms with Gasteiger partial charge >= 0.3 is 0 Å². The average Bonchev–Trinajstić information content (AvgIpc) is 3.04. The molecule has 2 atom stereocenters. The van der Waals surface area contributed by atoms with Crippen molar-refractivity contribution in [3.05, 3.63) is 48.6 Å². The molecule has 1 heterocycles. The van der Waals surface area contributed by atoms with Crippen molar-refractivity contribution >= 4 is 5.84 Å². The summed E-state index contributed by atoms with van der Waals surface area (Å²) in [4.78, 5) is 5.05. The molecule has 1 aliphatic rings. The summed E-state index contributed by atoms with van der Waals surface area (Å²) in [6.07, 6.45) is 10.7. The van der Waals surface area contributed by atoms with Crippen LogP contribution in [0, 0.1) is 5.92 Å². The number of benzene rings is 1. The standard InChI is InChI=1S/C22H35N3/c1-4-7-8-12-16-20(6-3)22-24-21(13-5-2)18-25(22)23-17-19-14-10-9-11-15-19/h5,9-11,14-15,20-21,23H,2,4,6-8,12-13,16-18H2,1,3H3. The number of amidine groups is 1. The third kappa shape index (κ3) is 6.32. The van der Waals surface area contributed by atoms with Crippen LogP contribution in [-0.4, -0.2) is 23.4 Å². The molecule has 0 aromatic heterocycles. The molecule has 2 rings (SSSR count). The third-order valence-corrected chi connectivity index (χ3v) is 5.00. The lowest BCUT2D eigenvalue weighted by Gasteiger charge is -2.27. The van der Waals surface area contributed by atoms with Crippen molar-refractivity contribution in [2.75, 3.05) is 6.54 Å². The van der Waals surface area contributed by atoms with Crippen LogP contribution in [0.1, 0.15) is 64.4 Å². The molecule has 25 heavy (non-hydrogen) atoms. The van der Waals surface area contributed by atoms with E-state index in [1.165, 1.54) is 43.5 Å². The van der Waals surface area contributed by atoms with E-state index in [4.69, 9.17) is 4.99 Å².